The van der Waals surface area contributed by atoms with Crippen molar-refractivity contribution < 1.29 is 14.7 Å². The van der Waals surface area contributed by atoms with Crippen LogP contribution in [-0.2, 0) is 4.79 Å². The number of carboxylic acids is 1. The monoisotopic (exact) mass is 267 g/mol. The second kappa shape index (κ2) is 6.36. The molecule has 0 bridgehead atoms. The summed E-state index contributed by atoms with van der Waals surface area (Å²) in [6, 6.07) is 1.02. The largest absolute Gasteiger partial charge is 0.480 e. The van der Waals surface area contributed by atoms with Crippen LogP contribution in [-0.4, -0.2) is 32.8 Å². The number of amides is 1. The van der Waals surface area contributed by atoms with Crippen molar-refractivity contribution in [3.8, 4) is 0 Å². The first-order chi connectivity index (χ1) is 8.90. The maximum Gasteiger partial charge on any atom is 0.325 e. The van der Waals surface area contributed by atoms with Crippen LogP contribution in [0.4, 0.5) is 0 Å². The van der Waals surface area contributed by atoms with Gasteiger partial charge in [0.1, 0.15) is 11.7 Å². The van der Waals surface area contributed by atoms with Gasteiger partial charge in [-0.2, -0.15) is 5.10 Å². The van der Waals surface area contributed by atoms with E-state index >= 15 is 0 Å². The fourth-order valence-electron chi connectivity index (χ4n) is 1.94. The van der Waals surface area contributed by atoms with Crippen LogP contribution >= 0.6 is 0 Å². The third-order valence-corrected chi connectivity index (χ3v) is 3.16. The van der Waals surface area contributed by atoms with E-state index in [1.165, 1.54) is 6.92 Å². The molecule has 1 amide bonds. The maximum absolute atomic E-state index is 11.9. The molecular weight excluding hydrogens is 246 g/mol. The summed E-state index contributed by atoms with van der Waals surface area (Å²) in [5.74, 6) is -1.52. The van der Waals surface area contributed by atoms with Gasteiger partial charge in [-0.3, -0.25) is 14.3 Å². The molecule has 0 aliphatic carbocycles. The van der Waals surface area contributed by atoms with Crippen LogP contribution in [0.5, 0.6) is 0 Å². The van der Waals surface area contributed by atoms with Gasteiger partial charge in [-0.05, 0) is 32.8 Å². The average Bonchev–Trinajstić information content (AvgIpc) is 2.73. The van der Waals surface area contributed by atoms with Crippen molar-refractivity contribution in [2.75, 3.05) is 0 Å². The minimum absolute atomic E-state index is 0.262. The molecule has 1 aromatic rings. The van der Waals surface area contributed by atoms with E-state index in [4.69, 9.17) is 5.11 Å². The summed E-state index contributed by atoms with van der Waals surface area (Å²) in [5.41, 5.74) is 1.17. The Kier molecular flexibility index (Phi) is 5.09. The average molecular weight is 267 g/mol. The molecule has 0 saturated heterocycles. The van der Waals surface area contributed by atoms with Gasteiger partial charge >= 0.3 is 5.97 Å². The Morgan fingerprint density at radius 3 is 2.47 bits per heavy atom. The number of nitrogens with one attached hydrogen (secondary N) is 1. The number of aliphatic carboxylic acids is 1. The number of hydrogen-bond donors (Lipinski definition) is 2. The Hall–Kier alpha value is -1.85. The van der Waals surface area contributed by atoms with Crippen molar-refractivity contribution in [1.29, 1.82) is 0 Å². The van der Waals surface area contributed by atoms with Gasteiger partial charge in [0.15, 0.2) is 0 Å². The summed E-state index contributed by atoms with van der Waals surface area (Å²) < 4.78 is 1.83. The third kappa shape index (κ3) is 3.56. The first-order valence-electron chi connectivity index (χ1n) is 6.50. The normalized spacial score (nSPS) is 12.5. The van der Waals surface area contributed by atoms with Crippen LogP contribution in [0.15, 0.2) is 6.07 Å². The van der Waals surface area contributed by atoms with Gasteiger partial charge in [-0.25, -0.2) is 0 Å². The molecule has 0 fully saturated rings. The molecule has 0 unspecified atom stereocenters. The Balaban J connectivity index is 2.88. The van der Waals surface area contributed by atoms with Crippen LogP contribution in [0.2, 0.25) is 0 Å². The van der Waals surface area contributed by atoms with Gasteiger partial charge in [0.2, 0.25) is 0 Å². The summed E-state index contributed by atoms with van der Waals surface area (Å²) in [7, 11) is 0. The van der Waals surface area contributed by atoms with E-state index in [1.54, 1.807) is 6.07 Å². The number of carbonyl (C=O) groups excluding carboxylic acids is 1. The first kappa shape index (κ1) is 15.2. The van der Waals surface area contributed by atoms with Crippen LogP contribution in [0, 0.1) is 6.92 Å². The number of hydrogen-bond acceptors (Lipinski definition) is 3. The molecule has 0 spiro atoms. The summed E-state index contributed by atoms with van der Waals surface area (Å²) >= 11 is 0. The lowest BCUT2D eigenvalue weighted by Gasteiger charge is -2.14. The number of carbonyl (C=O) groups is 2. The highest BCUT2D eigenvalue weighted by molar-refractivity contribution is 5.94. The van der Waals surface area contributed by atoms with E-state index in [0.717, 1.165) is 18.5 Å². The highest BCUT2D eigenvalue weighted by Crippen LogP contribution is 2.17. The number of nitrogens with zero attached hydrogens (tertiary/aromatic N) is 2. The predicted molar refractivity (Wildman–Crippen MR) is 71.1 cm³/mol. The fraction of sp³-hybridized carbons (Fsp3) is 0.615. The van der Waals surface area contributed by atoms with E-state index < -0.39 is 17.9 Å². The molecule has 1 heterocycles. The smallest absolute Gasteiger partial charge is 0.325 e. The molecule has 0 aliphatic heterocycles. The van der Waals surface area contributed by atoms with Crippen LogP contribution in [0.3, 0.4) is 0 Å². The number of carboxylic acid groups (broad SMARTS) is 1. The van der Waals surface area contributed by atoms with E-state index in [2.05, 4.69) is 24.3 Å². The zero-order valence-corrected chi connectivity index (χ0v) is 11.8. The Morgan fingerprint density at radius 2 is 2.00 bits per heavy atom. The van der Waals surface area contributed by atoms with E-state index in [1.807, 2.05) is 11.6 Å². The lowest BCUT2D eigenvalue weighted by Crippen LogP contribution is -2.38. The SMILES string of the molecule is CCC(CC)n1nc(C(=O)N[C@@H](C)C(=O)O)cc1C. The summed E-state index contributed by atoms with van der Waals surface area (Å²) in [6.07, 6.45) is 1.87. The molecule has 0 aromatic carbocycles. The van der Waals surface area contributed by atoms with Gasteiger partial charge < -0.3 is 10.4 Å². The standard InChI is InChI=1S/C13H21N3O3/c1-5-10(6-2)16-8(3)7-11(15-16)12(17)14-9(4)13(18)19/h7,9-10H,5-6H2,1-4H3,(H,14,17)(H,18,19)/t9-/m0/s1. The molecule has 0 aliphatic rings. The number of aryl methyl sites for hydroxylation is 1. The highest BCUT2D eigenvalue weighted by atomic mass is 16.4. The molecule has 2 N–H and O–H groups in total. The van der Waals surface area contributed by atoms with Crippen molar-refractivity contribution in [2.24, 2.45) is 0 Å². The number of rotatable bonds is 6. The molecule has 6 nitrogen and oxygen atoms in total. The van der Waals surface area contributed by atoms with E-state index in [9.17, 15) is 9.59 Å². The van der Waals surface area contributed by atoms with Gasteiger partial charge in [0.05, 0.1) is 6.04 Å². The molecule has 1 rings (SSSR count). The molecule has 106 valence electrons. The van der Waals surface area contributed by atoms with Crippen LogP contribution < -0.4 is 5.32 Å². The maximum atomic E-state index is 11.9. The summed E-state index contributed by atoms with van der Waals surface area (Å²) in [4.78, 5) is 22.6. The lowest BCUT2D eigenvalue weighted by atomic mass is 10.2. The predicted octanol–water partition coefficient (Wildman–Crippen LogP) is 1.76. The van der Waals surface area contributed by atoms with Crippen LogP contribution in [0.1, 0.15) is 55.8 Å². The van der Waals surface area contributed by atoms with Gasteiger partial charge in [-0.15, -0.1) is 0 Å². The molecule has 0 radical (unpaired) electrons. The zero-order chi connectivity index (χ0) is 14.6. The van der Waals surface area contributed by atoms with Crippen LogP contribution in [0.25, 0.3) is 0 Å². The molecule has 0 saturated carbocycles. The summed E-state index contributed by atoms with van der Waals surface area (Å²) in [5, 5.41) is 15.4. The Bertz CT molecular complexity index is 464. The first-order valence-corrected chi connectivity index (χ1v) is 6.50. The lowest BCUT2D eigenvalue weighted by molar-refractivity contribution is -0.138. The van der Waals surface area contributed by atoms with E-state index in [0.29, 0.717) is 0 Å². The topological polar surface area (TPSA) is 84.2 Å². The Labute approximate surface area is 112 Å². The molecule has 1 aromatic heterocycles. The van der Waals surface area contributed by atoms with Gasteiger partial charge in [0, 0.05) is 5.69 Å². The molecular formula is C13H21N3O3. The zero-order valence-electron chi connectivity index (χ0n) is 11.8. The molecule has 19 heavy (non-hydrogen) atoms. The van der Waals surface area contributed by atoms with Crippen molar-refractivity contribution in [3.63, 3.8) is 0 Å². The van der Waals surface area contributed by atoms with Gasteiger partial charge in [-0.1, -0.05) is 13.8 Å². The third-order valence-electron chi connectivity index (χ3n) is 3.16. The number of aromatic nitrogens is 2. The van der Waals surface area contributed by atoms with Gasteiger partial charge in [0.25, 0.3) is 5.91 Å². The molecule has 6 heteroatoms. The van der Waals surface area contributed by atoms with Crippen molar-refractivity contribution >= 4 is 11.9 Å². The molecule has 1 atom stereocenters. The fourth-order valence-corrected chi connectivity index (χ4v) is 1.94. The van der Waals surface area contributed by atoms with Crippen molar-refractivity contribution in [2.45, 2.75) is 52.6 Å². The second-order valence-corrected chi connectivity index (χ2v) is 4.62. The van der Waals surface area contributed by atoms with E-state index in [-0.39, 0.29) is 11.7 Å². The summed E-state index contributed by atoms with van der Waals surface area (Å²) in [6.45, 7) is 7.46. The highest BCUT2D eigenvalue weighted by Gasteiger charge is 2.19. The second-order valence-electron chi connectivity index (χ2n) is 4.62. The minimum Gasteiger partial charge on any atom is -0.480 e. The van der Waals surface area contributed by atoms with Crippen molar-refractivity contribution in [1.82, 2.24) is 15.1 Å². The minimum atomic E-state index is -1.07. The quantitative estimate of drug-likeness (QED) is 0.822. The Morgan fingerprint density at radius 1 is 1.42 bits per heavy atom. The van der Waals surface area contributed by atoms with Crippen molar-refractivity contribution in [3.05, 3.63) is 17.5 Å².